The molecule has 0 radical (unpaired) electrons. The second kappa shape index (κ2) is 5.55. The van der Waals surface area contributed by atoms with E-state index in [1.54, 1.807) is 18.2 Å². The lowest BCUT2D eigenvalue weighted by molar-refractivity contribution is -0.127. The zero-order valence-electron chi connectivity index (χ0n) is 12.7. The lowest BCUT2D eigenvalue weighted by atomic mass is 9.96. The van der Waals surface area contributed by atoms with Crippen LogP contribution in [0.4, 0.5) is 5.95 Å². The third kappa shape index (κ3) is 3.04. The van der Waals surface area contributed by atoms with E-state index in [1.807, 2.05) is 33.8 Å². The van der Waals surface area contributed by atoms with Crippen LogP contribution in [-0.4, -0.2) is 15.5 Å². The second-order valence-electron chi connectivity index (χ2n) is 5.83. The summed E-state index contributed by atoms with van der Waals surface area (Å²) in [6.45, 7) is 7.75. The normalized spacial score (nSPS) is 11.4. The first-order valence-electron chi connectivity index (χ1n) is 6.90. The third-order valence-corrected chi connectivity index (χ3v) is 3.15. The number of anilines is 1. The number of hydrogen-bond donors (Lipinski definition) is 2. The number of benzene rings is 1. The van der Waals surface area contributed by atoms with E-state index in [0.717, 1.165) is 0 Å². The van der Waals surface area contributed by atoms with Gasteiger partial charge in [-0.05, 0) is 19.1 Å². The first-order chi connectivity index (χ1) is 9.84. The van der Waals surface area contributed by atoms with Crippen molar-refractivity contribution in [3.8, 4) is 0 Å². The third-order valence-electron chi connectivity index (χ3n) is 3.15. The lowest BCUT2D eigenvalue weighted by Crippen LogP contribution is -2.40. The predicted octanol–water partition coefficient (Wildman–Crippen LogP) is 1.91. The summed E-state index contributed by atoms with van der Waals surface area (Å²) in [5.41, 5.74) is 5.29. The van der Waals surface area contributed by atoms with Crippen molar-refractivity contribution in [1.82, 2.24) is 15.0 Å². The number of hydrazine groups is 1. The van der Waals surface area contributed by atoms with E-state index in [1.165, 1.54) is 4.57 Å². The fraction of sp³-hybridized carbons (Fsp3) is 0.400. The molecule has 1 aromatic heterocycles. The molecule has 2 aromatic rings. The fourth-order valence-corrected chi connectivity index (χ4v) is 1.86. The summed E-state index contributed by atoms with van der Waals surface area (Å²) in [5, 5.41) is 0.562. The number of carbonyl (C=O) groups is 1. The molecule has 0 aliphatic heterocycles. The van der Waals surface area contributed by atoms with Gasteiger partial charge in [0.1, 0.15) is 0 Å². The monoisotopic (exact) mass is 288 g/mol. The van der Waals surface area contributed by atoms with Gasteiger partial charge in [-0.3, -0.25) is 25.0 Å². The summed E-state index contributed by atoms with van der Waals surface area (Å²) in [7, 11) is 0. The van der Waals surface area contributed by atoms with E-state index in [0.29, 0.717) is 23.4 Å². The molecular weight excluding hydrogens is 268 g/mol. The average Bonchev–Trinajstić information content (AvgIpc) is 2.44. The van der Waals surface area contributed by atoms with Crippen molar-refractivity contribution >= 4 is 22.8 Å². The van der Waals surface area contributed by atoms with Crippen molar-refractivity contribution in [2.75, 3.05) is 5.43 Å². The molecule has 0 bridgehead atoms. The van der Waals surface area contributed by atoms with Crippen LogP contribution in [0, 0.1) is 5.41 Å². The maximum Gasteiger partial charge on any atom is 0.262 e. The van der Waals surface area contributed by atoms with Gasteiger partial charge in [0.25, 0.3) is 5.56 Å². The van der Waals surface area contributed by atoms with E-state index in [-0.39, 0.29) is 11.5 Å². The number of rotatable bonds is 3. The van der Waals surface area contributed by atoms with Gasteiger partial charge < -0.3 is 0 Å². The maximum atomic E-state index is 12.4. The summed E-state index contributed by atoms with van der Waals surface area (Å²) in [5.74, 6) is 0.159. The zero-order chi connectivity index (χ0) is 15.6. The summed E-state index contributed by atoms with van der Waals surface area (Å²) in [6, 6.07) is 7.14. The van der Waals surface area contributed by atoms with Gasteiger partial charge in [-0.15, -0.1) is 0 Å². The van der Waals surface area contributed by atoms with Gasteiger partial charge in [0.2, 0.25) is 11.9 Å². The number of hydrogen-bond acceptors (Lipinski definition) is 4. The molecule has 1 heterocycles. The predicted molar refractivity (Wildman–Crippen MR) is 82.9 cm³/mol. The molecule has 0 aliphatic rings. The van der Waals surface area contributed by atoms with Gasteiger partial charge in [-0.1, -0.05) is 32.9 Å². The van der Waals surface area contributed by atoms with E-state index in [2.05, 4.69) is 15.8 Å². The Morgan fingerprint density at radius 2 is 1.95 bits per heavy atom. The van der Waals surface area contributed by atoms with Gasteiger partial charge in [-0.2, -0.15) is 0 Å². The standard InChI is InChI=1S/C15H20N4O2/c1-5-19-12(20)10-8-6-7-9-11(10)16-14(19)18-17-13(21)15(2,3)4/h6-9H,5H2,1-4H3,(H,16,18)(H,17,21). The number of nitrogens with zero attached hydrogens (tertiary/aromatic N) is 2. The zero-order valence-corrected chi connectivity index (χ0v) is 12.7. The summed E-state index contributed by atoms with van der Waals surface area (Å²) < 4.78 is 1.49. The molecule has 0 atom stereocenters. The number of carbonyl (C=O) groups excluding carboxylic acids is 1. The van der Waals surface area contributed by atoms with Gasteiger partial charge in [0.05, 0.1) is 10.9 Å². The highest BCUT2D eigenvalue weighted by Crippen LogP contribution is 2.13. The van der Waals surface area contributed by atoms with Crippen molar-refractivity contribution in [2.24, 2.45) is 5.41 Å². The Bertz CT molecular complexity index is 729. The van der Waals surface area contributed by atoms with Crippen LogP contribution in [0.3, 0.4) is 0 Å². The molecule has 6 heteroatoms. The molecule has 2 N–H and O–H groups in total. The van der Waals surface area contributed by atoms with Crippen molar-refractivity contribution in [3.05, 3.63) is 34.6 Å². The second-order valence-corrected chi connectivity index (χ2v) is 5.83. The van der Waals surface area contributed by atoms with E-state index >= 15 is 0 Å². The van der Waals surface area contributed by atoms with Crippen molar-refractivity contribution in [3.63, 3.8) is 0 Å². The Morgan fingerprint density at radius 3 is 2.57 bits per heavy atom. The highest BCUT2D eigenvalue weighted by molar-refractivity contribution is 5.83. The van der Waals surface area contributed by atoms with Crippen molar-refractivity contribution < 1.29 is 4.79 Å². The maximum absolute atomic E-state index is 12.4. The molecule has 2 rings (SSSR count). The molecule has 0 spiro atoms. The summed E-state index contributed by atoms with van der Waals surface area (Å²) >= 11 is 0. The molecule has 6 nitrogen and oxygen atoms in total. The van der Waals surface area contributed by atoms with Gasteiger partial charge >= 0.3 is 0 Å². The minimum absolute atomic E-state index is 0.129. The average molecular weight is 288 g/mol. The van der Waals surface area contributed by atoms with E-state index in [9.17, 15) is 9.59 Å². The van der Waals surface area contributed by atoms with Crippen LogP contribution in [0.25, 0.3) is 10.9 Å². The molecular formula is C15H20N4O2. The number of aromatic nitrogens is 2. The minimum Gasteiger partial charge on any atom is -0.277 e. The molecule has 0 saturated carbocycles. The van der Waals surface area contributed by atoms with Crippen LogP contribution >= 0.6 is 0 Å². The van der Waals surface area contributed by atoms with E-state index in [4.69, 9.17) is 0 Å². The van der Waals surface area contributed by atoms with Crippen LogP contribution in [0.2, 0.25) is 0 Å². The van der Waals surface area contributed by atoms with Gasteiger partial charge in [0, 0.05) is 12.0 Å². The van der Waals surface area contributed by atoms with Crippen LogP contribution in [0.1, 0.15) is 27.7 Å². The van der Waals surface area contributed by atoms with Crippen LogP contribution in [0.5, 0.6) is 0 Å². The summed E-state index contributed by atoms with van der Waals surface area (Å²) in [4.78, 5) is 28.7. The number of nitrogens with one attached hydrogen (secondary N) is 2. The SMILES string of the molecule is CCn1c(NNC(=O)C(C)(C)C)nc2ccccc2c1=O. The van der Waals surface area contributed by atoms with Crippen molar-refractivity contribution in [2.45, 2.75) is 34.2 Å². The van der Waals surface area contributed by atoms with Crippen LogP contribution in [0.15, 0.2) is 29.1 Å². The number of para-hydroxylation sites is 1. The van der Waals surface area contributed by atoms with Gasteiger partial charge in [-0.25, -0.2) is 4.98 Å². The van der Waals surface area contributed by atoms with E-state index < -0.39 is 5.41 Å². The quantitative estimate of drug-likeness (QED) is 0.846. The number of amides is 1. The van der Waals surface area contributed by atoms with Crippen molar-refractivity contribution in [1.29, 1.82) is 0 Å². The molecule has 0 aliphatic carbocycles. The van der Waals surface area contributed by atoms with Crippen LogP contribution < -0.4 is 16.4 Å². The minimum atomic E-state index is -0.527. The highest BCUT2D eigenvalue weighted by atomic mass is 16.2. The molecule has 21 heavy (non-hydrogen) atoms. The Kier molecular flexibility index (Phi) is 3.97. The summed E-state index contributed by atoms with van der Waals surface area (Å²) in [6.07, 6.45) is 0. The Balaban J connectivity index is 2.40. The smallest absolute Gasteiger partial charge is 0.262 e. The Morgan fingerprint density at radius 1 is 1.29 bits per heavy atom. The topological polar surface area (TPSA) is 76.0 Å². The first-order valence-corrected chi connectivity index (χ1v) is 6.90. The lowest BCUT2D eigenvalue weighted by Gasteiger charge is -2.19. The molecule has 1 amide bonds. The molecule has 112 valence electrons. The molecule has 0 fully saturated rings. The molecule has 1 aromatic carbocycles. The Labute approximate surface area is 123 Å². The molecule has 0 saturated heterocycles. The number of fused-ring (bicyclic) bond motifs is 1. The Hall–Kier alpha value is -2.37. The fourth-order valence-electron chi connectivity index (χ4n) is 1.86. The molecule has 0 unspecified atom stereocenters. The largest absolute Gasteiger partial charge is 0.277 e. The highest BCUT2D eigenvalue weighted by Gasteiger charge is 2.21. The van der Waals surface area contributed by atoms with Crippen LogP contribution in [-0.2, 0) is 11.3 Å². The van der Waals surface area contributed by atoms with Gasteiger partial charge in [0.15, 0.2) is 0 Å². The first kappa shape index (κ1) is 15.0.